The maximum absolute atomic E-state index is 12.0. The SMILES string of the molecule is CCOC(=O)c1cnc2[nH]c(-c3cc(OCc4ccccc4)cc(OC(C)C)c3)nc2c1. The zero-order chi connectivity index (χ0) is 22.5. The first kappa shape index (κ1) is 21.4. The number of carbonyl (C=O) groups is 1. The Labute approximate surface area is 186 Å². The molecule has 0 unspecified atom stereocenters. The number of aromatic nitrogens is 3. The highest BCUT2D eigenvalue weighted by atomic mass is 16.5. The molecule has 32 heavy (non-hydrogen) atoms. The fraction of sp³-hybridized carbons (Fsp3) is 0.240. The first-order valence-corrected chi connectivity index (χ1v) is 10.5. The number of nitrogens with zero attached hydrogens (tertiary/aromatic N) is 2. The molecule has 2 aromatic heterocycles. The van der Waals surface area contributed by atoms with E-state index in [4.69, 9.17) is 14.2 Å². The van der Waals surface area contributed by atoms with Gasteiger partial charge < -0.3 is 19.2 Å². The van der Waals surface area contributed by atoms with Crippen molar-refractivity contribution >= 4 is 17.1 Å². The zero-order valence-electron chi connectivity index (χ0n) is 18.3. The highest BCUT2D eigenvalue weighted by molar-refractivity contribution is 5.92. The predicted molar refractivity (Wildman–Crippen MR) is 122 cm³/mol. The van der Waals surface area contributed by atoms with E-state index in [2.05, 4.69) is 15.0 Å². The molecule has 0 spiro atoms. The lowest BCUT2D eigenvalue weighted by Crippen LogP contribution is -2.06. The van der Waals surface area contributed by atoms with Crippen LogP contribution < -0.4 is 9.47 Å². The molecule has 7 heteroatoms. The minimum atomic E-state index is -0.421. The summed E-state index contributed by atoms with van der Waals surface area (Å²) in [4.78, 5) is 24.2. The lowest BCUT2D eigenvalue weighted by atomic mass is 10.2. The third kappa shape index (κ3) is 5.06. The van der Waals surface area contributed by atoms with E-state index in [0.717, 1.165) is 11.1 Å². The van der Waals surface area contributed by atoms with E-state index in [1.807, 2.05) is 62.4 Å². The van der Waals surface area contributed by atoms with Crippen molar-refractivity contribution in [2.75, 3.05) is 6.61 Å². The van der Waals surface area contributed by atoms with E-state index < -0.39 is 5.97 Å². The van der Waals surface area contributed by atoms with Crippen LogP contribution in [0.15, 0.2) is 60.8 Å². The summed E-state index contributed by atoms with van der Waals surface area (Å²) in [5.41, 5.74) is 3.38. The first-order chi connectivity index (χ1) is 15.5. The van der Waals surface area contributed by atoms with Crippen LogP contribution >= 0.6 is 0 Å². The number of esters is 1. The summed E-state index contributed by atoms with van der Waals surface area (Å²) in [5.74, 6) is 1.53. The number of rotatable bonds is 8. The molecule has 2 aromatic carbocycles. The van der Waals surface area contributed by atoms with E-state index in [-0.39, 0.29) is 6.10 Å². The topological polar surface area (TPSA) is 86.3 Å². The van der Waals surface area contributed by atoms with Crippen molar-refractivity contribution in [3.05, 3.63) is 71.9 Å². The van der Waals surface area contributed by atoms with Gasteiger partial charge in [0, 0.05) is 17.8 Å². The van der Waals surface area contributed by atoms with Crippen molar-refractivity contribution < 1.29 is 19.0 Å². The van der Waals surface area contributed by atoms with Gasteiger partial charge in [0.2, 0.25) is 0 Å². The number of H-pyrrole nitrogens is 1. The van der Waals surface area contributed by atoms with Crippen LogP contribution in [0.2, 0.25) is 0 Å². The Balaban J connectivity index is 1.66. The maximum Gasteiger partial charge on any atom is 0.339 e. The van der Waals surface area contributed by atoms with Crippen molar-refractivity contribution in [1.29, 1.82) is 0 Å². The number of nitrogens with one attached hydrogen (secondary N) is 1. The second kappa shape index (κ2) is 9.51. The Morgan fingerprint density at radius 3 is 2.59 bits per heavy atom. The number of pyridine rings is 1. The van der Waals surface area contributed by atoms with Gasteiger partial charge in [-0.1, -0.05) is 30.3 Å². The quantitative estimate of drug-likeness (QED) is 0.388. The van der Waals surface area contributed by atoms with Crippen LogP contribution in [0.25, 0.3) is 22.6 Å². The molecule has 1 N–H and O–H groups in total. The van der Waals surface area contributed by atoms with Crippen LogP contribution in [0.5, 0.6) is 11.5 Å². The molecule has 0 fully saturated rings. The van der Waals surface area contributed by atoms with E-state index in [9.17, 15) is 4.79 Å². The van der Waals surface area contributed by atoms with E-state index in [0.29, 0.717) is 47.3 Å². The Morgan fingerprint density at radius 1 is 1.06 bits per heavy atom. The van der Waals surface area contributed by atoms with Gasteiger partial charge >= 0.3 is 5.97 Å². The van der Waals surface area contributed by atoms with Gasteiger partial charge in [-0.3, -0.25) is 0 Å². The van der Waals surface area contributed by atoms with Crippen LogP contribution in [0.3, 0.4) is 0 Å². The Morgan fingerprint density at radius 2 is 1.84 bits per heavy atom. The van der Waals surface area contributed by atoms with Crippen molar-refractivity contribution in [2.24, 2.45) is 0 Å². The molecule has 0 bridgehead atoms. The van der Waals surface area contributed by atoms with Crippen LogP contribution in [-0.2, 0) is 11.3 Å². The number of imidazole rings is 1. The highest BCUT2D eigenvalue weighted by Crippen LogP contribution is 2.30. The molecule has 0 radical (unpaired) electrons. The van der Waals surface area contributed by atoms with Gasteiger partial charge in [-0.15, -0.1) is 0 Å². The van der Waals surface area contributed by atoms with E-state index in [1.165, 1.54) is 6.20 Å². The van der Waals surface area contributed by atoms with Crippen LogP contribution in [-0.4, -0.2) is 33.6 Å². The smallest absolute Gasteiger partial charge is 0.339 e. The number of hydrogen-bond donors (Lipinski definition) is 1. The van der Waals surface area contributed by atoms with Gasteiger partial charge in [0.05, 0.1) is 18.3 Å². The number of benzene rings is 2. The van der Waals surface area contributed by atoms with Crippen LogP contribution in [0, 0.1) is 0 Å². The molecule has 4 aromatic rings. The second-order valence-electron chi connectivity index (χ2n) is 7.53. The molecule has 2 heterocycles. The van der Waals surface area contributed by atoms with Gasteiger partial charge in [-0.25, -0.2) is 14.8 Å². The number of carbonyl (C=O) groups excluding carboxylic acids is 1. The van der Waals surface area contributed by atoms with E-state index in [1.54, 1.807) is 13.0 Å². The minimum absolute atomic E-state index is 0.0108. The molecule has 0 aliphatic heterocycles. The molecule has 7 nitrogen and oxygen atoms in total. The molecule has 164 valence electrons. The van der Waals surface area contributed by atoms with Gasteiger partial charge in [-0.05, 0) is 44.5 Å². The fourth-order valence-corrected chi connectivity index (χ4v) is 3.23. The van der Waals surface area contributed by atoms with Gasteiger partial charge in [0.25, 0.3) is 0 Å². The third-order valence-corrected chi connectivity index (χ3v) is 4.62. The van der Waals surface area contributed by atoms with E-state index >= 15 is 0 Å². The number of fused-ring (bicyclic) bond motifs is 1. The normalized spacial score (nSPS) is 11.0. The summed E-state index contributed by atoms with van der Waals surface area (Å²) in [6.07, 6.45) is 1.49. The lowest BCUT2D eigenvalue weighted by Gasteiger charge is -2.14. The number of hydrogen-bond acceptors (Lipinski definition) is 6. The van der Waals surface area contributed by atoms with Crippen molar-refractivity contribution in [3.63, 3.8) is 0 Å². The molecule has 0 aliphatic rings. The summed E-state index contributed by atoms with van der Waals surface area (Å²) in [7, 11) is 0. The zero-order valence-corrected chi connectivity index (χ0v) is 18.3. The standard InChI is InChI=1S/C25H25N3O4/c1-4-30-25(29)19-12-22-24(26-14-19)28-23(27-22)18-10-20(13-21(11-18)32-16(2)3)31-15-17-8-6-5-7-9-17/h5-14,16H,4,15H2,1-3H3,(H,26,27,28). The lowest BCUT2D eigenvalue weighted by molar-refractivity contribution is 0.0526. The largest absolute Gasteiger partial charge is 0.491 e. The molecular formula is C25H25N3O4. The average Bonchev–Trinajstić information content (AvgIpc) is 3.21. The summed E-state index contributed by atoms with van der Waals surface area (Å²) in [5, 5.41) is 0. The summed E-state index contributed by atoms with van der Waals surface area (Å²) >= 11 is 0. The Hall–Kier alpha value is -3.87. The van der Waals surface area contributed by atoms with Crippen molar-refractivity contribution in [2.45, 2.75) is 33.5 Å². The molecule has 0 amide bonds. The summed E-state index contributed by atoms with van der Waals surface area (Å²) in [6, 6.07) is 17.3. The second-order valence-corrected chi connectivity index (χ2v) is 7.53. The Bertz CT molecular complexity index is 1220. The van der Waals surface area contributed by atoms with Crippen LogP contribution in [0.4, 0.5) is 0 Å². The van der Waals surface area contributed by atoms with Crippen molar-refractivity contribution in [1.82, 2.24) is 15.0 Å². The number of ether oxygens (including phenoxy) is 3. The fourth-order valence-electron chi connectivity index (χ4n) is 3.23. The average molecular weight is 431 g/mol. The first-order valence-electron chi connectivity index (χ1n) is 10.5. The number of aromatic amines is 1. The van der Waals surface area contributed by atoms with Crippen molar-refractivity contribution in [3.8, 4) is 22.9 Å². The van der Waals surface area contributed by atoms with Gasteiger partial charge in [-0.2, -0.15) is 0 Å². The monoisotopic (exact) mass is 431 g/mol. The molecule has 0 saturated carbocycles. The van der Waals surface area contributed by atoms with Gasteiger partial charge in [0.1, 0.15) is 29.4 Å². The minimum Gasteiger partial charge on any atom is -0.491 e. The molecule has 0 saturated heterocycles. The predicted octanol–water partition coefficient (Wildman–Crippen LogP) is 5.17. The third-order valence-electron chi connectivity index (χ3n) is 4.62. The van der Waals surface area contributed by atoms with Crippen LogP contribution in [0.1, 0.15) is 36.7 Å². The summed E-state index contributed by atoms with van der Waals surface area (Å²) in [6.45, 7) is 6.45. The van der Waals surface area contributed by atoms with Gasteiger partial charge in [0.15, 0.2) is 5.65 Å². The highest BCUT2D eigenvalue weighted by Gasteiger charge is 2.14. The molecule has 4 rings (SSSR count). The molecule has 0 atom stereocenters. The molecule has 0 aliphatic carbocycles. The molecular weight excluding hydrogens is 406 g/mol. The summed E-state index contributed by atoms with van der Waals surface area (Å²) < 4.78 is 17.0. The maximum atomic E-state index is 12.0. The Kier molecular flexibility index (Phi) is 6.35.